The van der Waals surface area contributed by atoms with Gasteiger partial charge in [0.2, 0.25) is 0 Å². The van der Waals surface area contributed by atoms with Crippen LogP contribution in [0.5, 0.6) is 0 Å². The van der Waals surface area contributed by atoms with E-state index in [-0.39, 0.29) is 0 Å². The molecule has 0 aromatic carbocycles. The molecule has 1 aliphatic heterocycles. The van der Waals surface area contributed by atoms with Crippen LogP contribution >= 0.6 is 0 Å². The van der Waals surface area contributed by atoms with Gasteiger partial charge in [-0.3, -0.25) is 9.89 Å². The van der Waals surface area contributed by atoms with Gasteiger partial charge in [-0.1, -0.05) is 6.92 Å². The highest BCUT2D eigenvalue weighted by atomic mass is 15.2. The molecule has 2 heteroatoms. The summed E-state index contributed by atoms with van der Waals surface area (Å²) in [5.41, 5.74) is 0. The number of nitrogens with zero attached hydrogens (tertiary/aromatic N) is 2. The summed E-state index contributed by atoms with van der Waals surface area (Å²) in [5.74, 6) is 0. The van der Waals surface area contributed by atoms with Gasteiger partial charge in [0.05, 0.1) is 6.17 Å². The van der Waals surface area contributed by atoms with Crippen LogP contribution in [0.15, 0.2) is 4.99 Å². The molecule has 1 atom stereocenters. The van der Waals surface area contributed by atoms with Gasteiger partial charge in [-0.25, -0.2) is 0 Å². The van der Waals surface area contributed by atoms with Crippen LogP contribution in [0.1, 0.15) is 26.7 Å². The normalized spacial score (nSPS) is 27.2. The minimum absolute atomic E-state index is 0.425. The van der Waals surface area contributed by atoms with E-state index in [9.17, 15) is 0 Å². The summed E-state index contributed by atoms with van der Waals surface area (Å²) in [6.45, 7) is 6.76. The lowest BCUT2D eigenvalue weighted by Crippen LogP contribution is -2.36. The third-order valence-corrected chi connectivity index (χ3v) is 1.91. The lowest BCUT2D eigenvalue weighted by atomic mass is 10.3. The van der Waals surface area contributed by atoms with Crippen molar-refractivity contribution in [1.29, 1.82) is 0 Å². The standard InChI is InChI=1S/C8H16N2/c1-3-6-10-7-4-5-9-8(10)2/h5,8H,3-4,6-7H2,1-2H3. The first kappa shape index (κ1) is 7.73. The first-order valence-corrected chi connectivity index (χ1v) is 4.10. The molecular formula is C8H16N2. The smallest absolute Gasteiger partial charge is 0.0986 e. The molecule has 0 aromatic rings. The first-order chi connectivity index (χ1) is 4.84. The molecule has 58 valence electrons. The highest BCUT2D eigenvalue weighted by molar-refractivity contribution is 5.58. The highest BCUT2D eigenvalue weighted by Gasteiger charge is 2.12. The molecule has 1 rings (SSSR count). The molecule has 2 nitrogen and oxygen atoms in total. The number of hydrogen-bond donors (Lipinski definition) is 0. The summed E-state index contributed by atoms with van der Waals surface area (Å²) in [5, 5.41) is 0. The molecule has 0 spiro atoms. The third kappa shape index (κ3) is 1.81. The van der Waals surface area contributed by atoms with Crippen molar-refractivity contribution in [2.24, 2.45) is 4.99 Å². The van der Waals surface area contributed by atoms with Crippen LogP contribution < -0.4 is 0 Å². The number of hydrogen-bond acceptors (Lipinski definition) is 2. The molecule has 0 radical (unpaired) electrons. The molecule has 1 aliphatic rings. The van der Waals surface area contributed by atoms with E-state index in [0.29, 0.717) is 6.17 Å². The summed E-state index contributed by atoms with van der Waals surface area (Å²) in [7, 11) is 0. The van der Waals surface area contributed by atoms with Crippen molar-refractivity contribution in [1.82, 2.24) is 4.90 Å². The number of aliphatic imine (C=N–C) groups is 1. The van der Waals surface area contributed by atoms with E-state index in [1.54, 1.807) is 0 Å². The Morgan fingerprint density at radius 1 is 1.70 bits per heavy atom. The van der Waals surface area contributed by atoms with Gasteiger partial charge in [-0.15, -0.1) is 0 Å². The van der Waals surface area contributed by atoms with E-state index >= 15 is 0 Å². The lowest BCUT2D eigenvalue weighted by Gasteiger charge is -2.28. The van der Waals surface area contributed by atoms with Crippen molar-refractivity contribution < 1.29 is 0 Å². The van der Waals surface area contributed by atoms with Gasteiger partial charge >= 0.3 is 0 Å². The van der Waals surface area contributed by atoms with E-state index in [2.05, 4.69) is 23.7 Å². The Hall–Kier alpha value is -0.370. The second-order valence-electron chi connectivity index (χ2n) is 2.79. The largest absolute Gasteiger partial charge is 0.282 e. The molecular weight excluding hydrogens is 124 g/mol. The Kier molecular flexibility index (Phi) is 2.87. The summed E-state index contributed by atoms with van der Waals surface area (Å²) in [6, 6.07) is 0. The van der Waals surface area contributed by atoms with E-state index in [0.717, 1.165) is 6.42 Å². The Morgan fingerprint density at radius 2 is 2.50 bits per heavy atom. The average molecular weight is 140 g/mol. The van der Waals surface area contributed by atoms with Gasteiger partial charge < -0.3 is 0 Å². The second kappa shape index (κ2) is 3.71. The van der Waals surface area contributed by atoms with Crippen LogP contribution in [0.3, 0.4) is 0 Å². The summed E-state index contributed by atoms with van der Waals surface area (Å²) < 4.78 is 0. The van der Waals surface area contributed by atoms with Crippen molar-refractivity contribution in [2.75, 3.05) is 13.1 Å². The van der Waals surface area contributed by atoms with Crippen LogP contribution in [-0.2, 0) is 0 Å². The molecule has 0 N–H and O–H groups in total. The summed E-state index contributed by atoms with van der Waals surface area (Å²) in [6.07, 6.45) is 4.83. The average Bonchev–Trinajstić information content (AvgIpc) is 1.94. The van der Waals surface area contributed by atoms with Crippen molar-refractivity contribution in [3.63, 3.8) is 0 Å². The molecule has 0 aromatic heterocycles. The van der Waals surface area contributed by atoms with Crippen molar-refractivity contribution in [2.45, 2.75) is 32.9 Å². The predicted octanol–water partition coefficient (Wildman–Crippen LogP) is 1.52. The quantitative estimate of drug-likeness (QED) is 0.568. The molecule has 0 saturated carbocycles. The SMILES string of the molecule is CCCN1CCC=NC1C. The van der Waals surface area contributed by atoms with Crippen LogP contribution in [0.2, 0.25) is 0 Å². The fraction of sp³-hybridized carbons (Fsp3) is 0.875. The zero-order chi connectivity index (χ0) is 7.40. The monoisotopic (exact) mass is 140 g/mol. The molecule has 1 heterocycles. The molecule has 0 fully saturated rings. The van der Waals surface area contributed by atoms with E-state index in [1.807, 2.05) is 6.21 Å². The van der Waals surface area contributed by atoms with Gasteiger partial charge in [0, 0.05) is 12.8 Å². The minimum atomic E-state index is 0.425. The molecule has 10 heavy (non-hydrogen) atoms. The summed E-state index contributed by atoms with van der Waals surface area (Å²) >= 11 is 0. The predicted molar refractivity (Wildman–Crippen MR) is 44.4 cm³/mol. The van der Waals surface area contributed by atoms with Crippen LogP contribution in [0, 0.1) is 0 Å². The van der Waals surface area contributed by atoms with Gasteiger partial charge in [-0.2, -0.15) is 0 Å². The zero-order valence-electron chi connectivity index (χ0n) is 6.88. The van der Waals surface area contributed by atoms with Crippen molar-refractivity contribution in [3.05, 3.63) is 0 Å². The van der Waals surface area contributed by atoms with Gasteiger partial charge in [-0.05, 0) is 26.3 Å². The Morgan fingerprint density at radius 3 is 3.10 bits per heavy atom. The molecule has 0 amide bonds. The van der Waals surface area contributed by atoms with Gasteiger partial charge in [0.15, 0.2) is 0 Å². The Balaban J connectivity index is 2.36. The van der Waals surface area contributed by atoms with Crippen LogP contribution in [0.4, 0.5) is 0 Å². The number of rotatable bonds is 2. The summed E-state index contributed by atoms with van der Waals surface area (Å²) in [4.78, 5) is 6.75. The van der Waals surface area contributed by atoms with E-state index < -0.39 is 0 Å². The Bertz CT molecular complexity index is 120. The third-order valence-electron chi connectivity index (χ3n) is 1.91. The maximum absolute atomic E-state index is 4.33. The molecule has 0 saturated heterocycles. The Labute approximate surface area is 62.9 Å². The fourth-order valence-electron chi connectivity index (χ4n) is 1.32. The maximum atomic E-state index is 4.33. The van der Waals surface area contributed by atoms with Crippen LogP contribution in [0.25, 0.3) is 0 Å². The van der Waals surface area contributed by atoms with Crippen molar-refractivity contribution >= 4 is 6.21 Å². The van der Waals surface area contributed by atoms with Gasteiger partial charge in [0.25, 0.3) is 0 Å². The topological polar surface area (TPSA) is 15.6 Å². The lowest BCUT2D eigenvalue weighted by molar-refractivity contribution is 0.212. The molecule has 1 unspecified atom stereocenters. The van der Waals surface area contributed by atoms with Gasteiger partial charge in [0.1, 0.15) is 0 Å². The molecule has 0 aliphatic carbocycles. The maximum Gasteiger partial charge on any atom is 0.0986 e. The van der Waals surface area contributed by atoms with Crippen molar-refractivity contribution in [3.8, 4) is 0 Å². The molecule has 0 bridgehead atoms. The first-order valence-electron chi connectivity index (χ1n) is 4.10. The minimum Gasteiger partial charge on any atom is -0.282 e. The van der Waals surface area contributed by atoms with Crippen LogP contribution in [-0.4, -0.2) is 30.4 Å². The second-order valence-corrected chi connectivity index (χ2v) is 2.79. The highest BCUT2D eigenvalue weighted by Crippen LogP contribution is 2.06. The fourth-order valence-corrected chi connectivity index (χ4v) is 1.32. The van der Waals surface area contributed by atoms with E-state index in [4.69, 9.17) is 0 Å². The van der Waals surface area contributed by atoms with E-state index in [1.165, 1.54) is 19.5 Å². The zero-order valence-corrected chi connectivity index (χ0v) is 6.88.